The van der Waals surface area contributed by atoms with Gasteiger partial charge in [-0.1, -0.05) is 19.1 Å². The van der Waals surface area contributed by atoms with Gasteiger partial charge in [0.2, 0.25) is 0 Å². The summed E-state index contributed by atoms with van der Waals surface area (Å²) in [6, 6.07) is 0. The van der Waals surface area contributed by atoms with E-state index in [1.807, 2.05) is 0 Å². The average Bonchev–Trinajstić information content (AvgIpc) is 2.49. The number of allylic oxidation sites excluding steroid dienone is 2. The van der Waals surface area contributed by atoms with Crippen molar-refractivity contribution in [3.8, 4) is 0 Å². The van der Waals surface area contributed by atoms with Crippen LogP contribution in [0.2, 0.25) is 0 Å². The SMILES string of the molecule is C/C=C/CCC1(NC)CCC(C)C1. The van der Waals surface area contributed by atoms with Crippen LogP contribution in [0.5, 0.6) is 0 Å². The van der Waals surface area contributed by atoms with Gasteiger partial charge >= 0.3 is 0 Å². The van der Waals surface area contributed by atoms with Crippen LogP contribution in [0.25, 0.3) is 0 Å². The summed E-state index contributed by atoms with van der Waals surface area (Å²) in [5.74, 6) is 0.915. The summed E-state index contributed by atoms with van der Waals surface area (Å²) in [6.45, 7) is 4.47. The summed E-state index contributed by atoms with van der Waals surface area (Å²) in [5, 5.41) is 3.53. The van der Waals surface area contributed by atoms with Crippen LogP contribution in [-0.4, -0.2) is 12.6 Å². The van der Waals surface area contributed by atoms with Gasteiger partial charge in [-0.25, -0.2) is 0 Å². The van der Waals surface area contributed by atoms with Gasteiger partial charge < -0.3 is 5.32 Å². The van der Waals surface area contributed by atoms with Gasteiger partial charge in [0, 0.05) is 5.54 Å². The van der Waals surface area contributed by atoms with Crippen LogP contribution in [0.15, 0.2) is 12.2 Å². The van der Waals surface area contributed by atoms with E-state index in [-0.39, 0.29) is 0 Å². The zero-order chi connectivity index (χ0) is 9.73. The van der Waals surface area contributed by atoms with Crippen molar-refractivity contribution in [1.29, 1.82) is 0 Å². The van der Waals surface area contributed by atoms with Crippen molar-refractivity contribution in [2.45, 2.75) is 51.5 Å². The average molecular weight is 181 g/mol. The Morgan fingerprint density at radius 1 is 1.54 bits per heavy atom. The summed E-state index contributed by atoms with van der Waals surface area (Å²) in [5.41, 5.74) is 0.457. The van der Waals surface area contributed by atoms with Crippen LogP contribution in [0.4, 0.5) is 0 Å². The molecule has 1 rings (SSSR count). The van der Waals surface area contributed by atoms with Crippen LogP contribution >= 0.6 is 0 Å². The maximum absolute atomic E-state index is 3.53. The molecule has 2 atom stereocenters. The Balaban J connectivity index is 2.41. The van der Waals surface area contributed by atoms with Crippen LogP contribution in [0.3, 0.4) is 0 Å². The number of nitrogens with one attached hydrogen (secondary N) is 1. The predicted molar refractivity (Wildman–Crippen MR) is 58.9 cm³/mol. The third kappa shape index (κ3) is 2.84. The second kappa shape index (κ2) is 4.80. The molecular weight excluding hydrogens is 158 g/mol. The van der Waals surface area contributed by atoms with Crippen molar-refractivity contribution >= 4 is 0 Å². The molecule has 1 heteroatoms. The van der Waals surface area contributed by atoms with Gasteiger partial charge in [0.15, 0.2) is 0 Å². The molecule has 1 fully saturated rings. The van der Waals surface area contributed by atoms with Crippen LogP contribution in [0, 0.1) is 5.92 Å². The fourth-order valence-electron chi connectivity index (χ4n) is 2.50. The highest BCUT2D eigenvalue weighted by atomic mass is 14.9. The largest absolute Gasteiger partial charge is 0.314 e. The van der Waals surface area contributed by atoms with Crippen molar-refractivity contribution in [3.05, 3.63) is 12.2 Å². The van der Waals surface area contributed by atoms with Crippen LogP contribution in [0.1, 0.15) is 46.0 Å². The lowest BCUT2D eigenvalue weighted by Gasteiger charge is -2.28. The van der Waals surface area contributed by atoms with Gasteiger partial charge in [-0.3, -0.25) is 0 Å². The molecule has 0 amide bonds. The molecule has 1 aliphatic rings. The third-order valence-corrected chi connectivity index (χ3v) is 3.41. The van der Waals surface area contributed by atoms with Gasteiger partial charge in [-0.05, 0) is 52.0 Å². The zero-order valence-electron chi connectivity index (χ0n) is 9.27. The number of hydrogen-bond donors (Lipinski definition) is 1. The molecule has 0 saturated heterocycles. The minimum Gasteiger partial charge on any atom is -0.314 e. The van der Waals surface area contributed by atoms with Crippen LogP contribution in [-0.2, 0) is 0 Å². The lowest BCUT2D eigenvalue weighted by Crippen LogP contribution is -2.40. The summed E-state index contributed by atoms with van der Waals surface area (Å²) < 4.78 is 0. The summed E-state index contributed by atoms with van der Waals surface area (Å²) in [7, 11) is 2.12. The minimum atomic E-state index is 0.457. The molecule has 0 heterocycles. The Hall–Kier alpha value is -0.300. The first-order valence-corrected chi connectivity index (χ1v) is 5.52. The zero-order valence-corrected chi connectivity index (χ0v) is 9.27. The normalized spacial score (nSPS) is 34.5. The van der Waals surface area contributed by atoms with E-state index in [4.69, 9.17) is 0 Å². The lowest BCUT2D eigenvalue weighted by molar-refractivity contribution is 0.325. The standard InChI is InChI=1S/C12H23N/c1-4-5-6-8-12(13-3)9-7-11(2)10-12/h4-5,11,13H,6-10H2,1-3H3/b5-4+. The molecule has 1 aliphatic carbocycles. The maximum atomic E-state index is 3.53. The van der Waals surface area contributed by atoms with Crippen molar-refractivity contribution in [1.82, 2.24) is 5.32 Å². The second-order valence-corrected chi connectivity index (χ2v) is 4.49. The molecule has 0 aromatic heterocycles. The van der Waals surface area contributed by atoms with E-state index in [0.29, 0.717) is 5.54 Å². The van der Waals surface area contributed by atoms with E-state index in [1.165, 1.54) is 32.1 Å². The topological polar surface area (TPSA) is 12.0 Å². The van der Waals surface area contributed by atoms with Crippen molar-refractivity contribution in [3.63, 3.8) is 0 Å². The van der Waals surface area contributed by atoms with E-state index < -0.39 is 0 Å². The Morgan fingerprint density at radius 3 is 2.77 bits per heavy atom. The van der Waals surface area contributed by atoms with E-state index in [9.17, 15) is 0 Å². The molecule has 1 saturated carbocycles. The Labute approximate surface area is 82.6 Å². The monoisotopic (exact) mass is 181 g/mol. The predicted octanol–water partition coefficient (Wildman–Crippen LogP) is 3.12. The molecule has 76 valence electrons. The van der Waals surface area contributed by atoms with Gasteiger partial charge in [0.1, 0.15) is 0 Å². The van der Waals surface area contributed by atoms with Crippen LogP contribution < -0.4 is 5.32 Å². The van der Waals surface area contributed by atoms with E-state index in [2.05, 4.69) is 38.4 Å². The highest BCUT2D eigenvalue weighted by molar-refractivity contribution is 4.96. The van der Waals surface area contributed by atoms with Gasteiger partial charge in [0.05, 0.1) is 0 Å². The highest BCUT2D eigenvalue weighted by Gasteiger charge is 2.34. The molecule has 13 heavy (non-hydrogen) atoms. The van der Waals surface area contributed by atoms with Gasteiger partial charge in [-0.15, -0.1) is 0 Å². The smallest absolute Gasteiger partial charge is 0.0184 e. The fraction of sp³-hybridized carbons (Fsp3) is 0.833. The molecule has 0 bridgehead atoms. The molecule has 2 unspecified atom stereocenters. The molecular formula is C12H23N. The lowest BCUT2D eigenvalue weighted by atomic mass is 9.90. The molecule has 0 aliphatic heterocycles. The Kier molecular flexibility index (Phi) is 3.98. The summed E-state index contributed by atoms with van der Waals surface area (Å²) in [6.07, 6.45) is 11.1. The van der Waals surface area contributed by atoms with E-state index in [1.54, 1.807) is 0 Å². The van der Waals surface area contributed by atoms with Crippen molar-refractivity contribution < 1.29 is 0 Å². The first-order chi connectivity index (χ1) is 6.22. The van der Waals surface area contributed by atoms with Gasteiger partial charge in [0.25, 0.3) is 0 Å². The molecule has 1 nitrogen and oxygen atoms in total. The summed E-state index contributed by atoms with van der Waals surface area (Å²) in [4.78, 5) is 0. The van der Waals surface area contributed by atoms with E-state index in [0.717, 1.165) is 5.92 Å². The molecule has 1 N–H and O–H groups in total. The van der Waals surface area contributed by atoms with Crippen molar-refractivity contribution in [2.75, 3.05) is 7.05 Å². The number of rotatable bonds is 4. The number of hydrogen-bond acceptors (Lipinski definition) is 1. The molecule has 0 spiro atoms. The first-order valence-electron chi connectivity index (χ1n) is 5.52. The highest BCUT2D eigenvalue weighted by Crippen LogP contribution is 2.37. The Morgan fingerprint density at radius 2 is 2.31 bits per heavy atom. The van der Waals surface area contributed by atoms with Gasteiger partial charge in [-0.2, -0.15) is 0 Å². The second-order valence-electron chi connectivity index (χ2n) is 4.49. The maximum Gasteiger partial charge on any atom is 0.0184 e. The van der Waals surface area contributed by atoms with E-state index >= 15 is 0 Å². The minimum absolute atomic E-state index is 0.457. The summed E-state index contributed by atoms with van der Waals surface area (Å²) >= 11 is 0. The Bertz CT molecular complexity index is 174. The van der Waals surface area contributed by atoms with Crippen molar-refractivity contribution in [2.24, 2.45) is 5.92 Å². The molecule has 0 aromatic carbocycles. The molecule has 0 aromatic rings. The fourth-order valence-corrected chi connectivity index (χ4v) is 2.50. The first kappa shape index (κ1) is 10.8. The quantitative estimate of drug-likeness (QED) is 0.657. The third-order valence-electron chi connectivity index (χ3n) is 3.41. The molecule has 0 radical (unpaired) electrons.